The van der Waals surface area contributed by atoms with Gasteiger partial charge in [0.25, 0.3) is 5.91 Å². The van der Waals surface area contributed by atoms with Crippen molar-refractivity contribution in [2.24, 2.45) is 0 Å². The lowest BCUT2D eigenvalue weighted by Gasteiger charge is -2.40. The number of carbonyl (C=O) groups excluding carboxylic acids is 1. The number of carbonyl (C=O) groups is 1. The van der Waals surface area contributed by atoms with Gasteiger partial charge in [-0.25, -0.2) is 5.01 Å². The molecule has 1 saturated heterocycles. The van der Waals surface area contributed by atoms with Crippen molar-refractivity contribution in [3.63, 3.8) is 0 Å². The standard InChI is InChI=1S/C19H26N2O2/c1-5-16-10-7-8-12-18(16)15(3)21(19(22)6-2)20-13-9-11-17(20)14-23-4/h5-8,10,12,15,17H,1-2,9,11,13-14H2,3-4H3/t15-,17+/m1/s1. The molecule has 1 aliphatic rings. The van der Waals surface area contributed by atoms with Crippen LogP contribution >= 0.6 is 0 Å². The van der Waals surface area contributed by atoms with Gasteiger partial charge in [0.2, 0.25) is 0 Å². The highest BCUT2D eigenvalue weighted by molar-refractivity contribution is 5.87. The molecule has 0 radical (unpaired) electrons. The topological polar surface area (TPSA) is 32.8 Å². The Morgan fingerprint density at radius 1 is 1.48 bits per heavy atom. The van der Waals surface area contributed by atoms with Crippen molar-refractivity contribution in [2.45, 2.75) is 31.8 Å². The summed E-state index contributed by atoms with van der Waals surface area (Å²) in [5, 5.41) is 3.96. The Morgan fingerprint density at radius 3 is 2.87 bits per heavy atom. The fourth-order valence-electron chi connectivity index (χ4n) is 3.31. The van der Waals surface area contributed by atoms with Crippen LogP contribution in [0.25, 0.3) is 6.08 Å². The molecule has 1 amide bonds. The minimum Gasteiger partial charge on any atom is -0.383 e. The van der Waals surface area contributed by atoms with Gasteiger partial charge in [-0.1, -0.05) is 43.5 Å². The smallest absolute Gasteiger partial charge is 0.260 e. The van der Waals surface area contributed by atoms with Crippen LogP contribution in [0.5, 0.6) is 0 Å². The van der Waals surface area contributed by atoms with Gasteiger partial charge >= 0.3 is 0 Å². The fourth-order valence-corrected chi connectivity index (χ4v) is 3.31. The molecule has 2 rings (SSSR count). The minimum absolute atomic E-state index is 0.0839. The molecule has 1 aromatic rings. The lowest BCUT2D eigenvalue weighted by Crippen LogP contribution is -2.50. The summed E-state index contributed by atoms with van der Waals surface area (Å²) in [6.45, 7) is 11.1. The molecule has 0 aliphatic carbocycles. The highest BCUT2D eigenvalue weighted by atomic mass is 16.5. The number of nitrogens with zero attached hydrogens (tertiary/aromatic N) is 2. The van der Waals surface area contributed by atoms with Crippen molar-refractivity contribution in [1.82, 2.24) is 10.0 Å². The Balaban J connectivity index is 2.36. The van der Waals surface area contributed by atoms with Gasteiger partial charge in [0.1, 0.15) is 0 Å². The Bertz CT molecular complexity index is 570. The van der Waals surface area contributed by atoms with Crippen molar-refractivity contribution >= 4 is 12.0 Å². The van der Waals surface area contributed by atoms with Crippen molar-refractivity contribution in [3.8, 4) is 0 Å². The molecule has 2 atom stereocenters. The molecular weight excluding hydrogens is 288 g/mol. The largest absolute Gasteiger partial charge is 0.383 e. The van der Waals surface area contributed by atoms with Gasteiger partial charge < -0.3 is 4.74 Å². The number of amides is 1. The van der Waals surface area contributed by atoms with Crippen LogP contribution in [0.2, 0.25) is 0 Å². The average molecular weight is 314 g/mol. The molecule has 0 N–H and O–H groups in total. The second-order valence-electron chi connectivity index (χ2n) is 5.81. The van der Waals surface area contributed by atoms with Crippen molar-refractivity contribution < 1.29 is 9.53 Å². The zero-order valence-corrected chi connectivity index (χ0v) is 14.1. The van der Waals surface area contributed by atoms with Crippen LogP contribution in [-0.4, -0.2) is 42.2 Å². The van der Waals surface area contributed by atoms with Gasteiger partial charge in [0.05, 0.1) is 18.7 Å². The van der Waals surface area contributed by atoms with Crippen LogP contribution in [0.1, 0.15) is 36.9 Å². The number of ether oxygens (including phenoxy) is 1. The first-order chi connectivity index (χ1) is 11.1. The van der Waals surface area contributed by atoms with E-state index in [2.05, 4.69) is 18.2 Å². The normalized spacial score (nSPS) is 19.3. The third kappa shape index (κ3) is 3.71. The molecule has 4 nitrogen and oxygen atoms in total. The lowest BCUT2D eigenvalue weighted by atomic mass is 10.0. The highest BCUT2D eigenvalue weighted by Gasteiger charge is 2.35. The van der Waals surface area contributed by atoms with E-state index < -0.39 is 0 Å². The Labute approximate surface area is 139 Å². The Hall–Kier alpha value is -1.91. The number of methoxy groups -OCH3 is 1. The van der Waals surface area contributed by atoms with Crippen molar-refractivity contribution in [3.05, 3.63) is 54.6 Å². The zero-order valence-electron chi connectivity index (χ0n) is 14.1. The van der Waals surface area contributed by atoms with Crippen molar-refractivity contribution in [2.75, 3.05) is 20.3 Å². The van der Waals surface area contributed by atoms with Gasteiger partial charge in [0.15, 0.2) is 0 Å². The third-order valence-corrected chi connectivity index (χ3v) is 4.42. The van der Waals surface area contributed by atoms with Gasteiger partial charge in [-0.2, -0.15) is 0 Å². The number of hydrogen-bond donors (Lipinski definition) is 0. The molecular formula is C19H26N2O2. The fraction of sp³-hybridized carbons (Fsp3) is 0.421. The second kappa shape index (κ2) is 8.09. The van der Waals surface area contributed by atoms with Crippen molar-refractivity contribution in [1.29, 1.82) is 0 Å². The summed E-state index contributed by atoms with van der Waals surface area (Å²) >= 11 is 0. The first-order valence-corrected chi connectivity index (χ1v) is 8.06. The first-order valence-electron chi connectivity index (χ1n) is 8.06. The van der Waals surface area contributed by atoms with E-state index in [9.17, 15) is 4.79 Å². The van der Waals surface area contributed by atoms with Crippen LogP contribution in [0, 0.1) is 0 Å². The maximum Gasteiger partial charge on any atom is 0.260 e. The van der Waals surface area contributed by atoms with Crippen LogP contribution in [-0.2, 0) is 9.53 Å². The summed E-state index contributed by atoms with van der Waals surface area (Å²) < 4.78 is 5.33. The van der Waals surface area contributed by atoms with E-state index in [1.807, 2.05) is 42.3 Å². The van der Waals surface area contributed by atoms with E-state index in [4.69, 9.17) is 4.74 Å². The van der Waals surface area contributed by atoms with E-state index in [0.29, 0.717) is 6.61 Å². The predicted octanol–water partition coefficient (Wildman–Crippen LogP) is 3.43. The molecule has 0 aromatic heterocycles. The van der Waals surface area contributed by atoms with E-state index in [1.54, 1.807) is 7.11 Å². The van der Waals surface area contributed by atoms with Gasteiger partial charge in [0, 0.05) is 13.7 Å². The van der Waals surface area contributed by atoms with E-state index in [-0.39, 0.29) is 18.0 Å². The summed E-state index contributed by atoms with van der Waals surface area (Å²) in [6, 6.07) is 8.18. The summed E-state index contributed by atoms with van der Waals surface area (Å²) in [6.07, 6.45) is 5.31. The number of benzene rings is 1. The van der Waals surface area contributed by atoms with Gasteiger partial charge in [-0.15, -0.1) is 0 Å². The maximum absolute atomic E-state index is 12.6. The third-order valence-electron chi connectivity index (χ3n) is 4.42. The summed E-state index contributed by atoms with van der Waals surface area (Å²) in [5.74, 6) is -0.0839. The SMILES string of the molecule is C=CC(=O)N([C@H](C)c1ccccc1C=C)N1CCC[C@H]1COC. The molecule has 0 saturated carbocycles. The lowest BCUT2D eigenvalue weighted by molar-refractivity contribution is -0.153. The minimum atomic E-state index is -0.0906. The van der Waals surface area contributed by atoms with Crippen LogP contribution in [0.3, 0.4) is 0 Å². The number of rotatable bonds is 7. The van der Waals surface area contributed by atoms with E-state index in [1.165, 1.54) is 6.08 Å². The summed E-state index contributed by atoms with van der Waals surface area (Å²) in [5.41, 5.74) is 2.13. The van der Waals surface area contributed by atoms with Crippen LogP contribution in [0.4, 0.5) is 0 Å². The molecule has 0 spiro atoms. The molecule has 0 unspecified atom stereocenters. The first kappa shape index (κ1) is 17.4. The molecule has 124 valence electrons. The quantitative estimate of drug-likeness (QED) is 0.723. The van der Waals surface area contributed by atoms with Crippen LogP contribution < -0.4 is 0 Å². The average Bonchev–Trinajstić information content (AvgIpc) is 3.03. The van der Waals surface area contributed by atoms with Gasteiger partial charge in [-0.05, 0) is 37.0 Å². The van der Waals surface area contributed by atoms with E-state index >= 15 is 0 Å². The van der Waals surface area contributed by atoms with Gasteiger partial charge in [-0.3, -0.25) is 9.80 Å². The zero-order chi connectivity index (χ0) is 16.8. The van der Waals surface area contributed by atoms with E-state index in [0.717, 1.165) is 30.5 Å². The number of hydrazine groups is 1. The summed E-state index contributed by atoms with van der Waals surface area (Å²) in [7, 11) is 1.70. The molecule has 0 bridgehead atoms. The number of hydrogen-bond acceptors (Lipinski definition) is 3. The molecule has 1 aliphatic heterocycles. The molecule has 23 heavy (non-hydrogen) atoms. The monoisotopic (exact) mass is 314 g/mol. The molecule has 1 aromatic carbocycles. The Morgan fingerprint density at radius 2 is 2.22 bits per heavy atom. The Kier molecular flexibility index (Phi) is 6.13. The maximum atomic E-state index is 12.6. The molecule has 1 fully saturated rings. The van der Waals surface area contributed by atoms with Crippen LogP contribution in [0.15, 0.2) is 43.5 Å². The highest BCUT2D eigenvalue weighted by Crippen LogP contribution is 2.30. The predicted molar refractivity (Wildman–Crippen MR) is 93.6 cm³/mol. The second-order valence-corrected chi connectivity index (χ2v) is 5.81. The molecule has 4 heteroatoms. The summed E-state index contributed by atoms with van der Waals surface area (Å²) in [4.78, 5) is 12.6. The molecule has 1 heterocycles.